The minimum Gasteiger partial charge on any atom is -0.299 e. The van der Waals surface area contributed by atoms with Gasteiger partial charge in [0.05, 0.1) is 12.8 Å². The average molecular weight is 432 g/mol. The fraction of sp³-hybridized carbons (Fsp3) is 0.818. The number of ketones is 4. The summed E-state index contributed by atoms with van der Waals surface area (Å²) in [5.41, 5.74) is -1.61. The minimum absolute atomic E-state index is 0. The van der Waals surface area contributed by atoms with Crippen molar-refractivity contribution < 1.29 is 36.2 Å². The number of carbonyl (C=O) groups excluding carboxylic acids is 4. The summed E-state index contributed by atoms with van der Waals surface area (Å²) in [6, 6.07) is 0. The summed E-state index contributed by atoms with van der Waals surface area (Å²) in [7, 11) is 0. The Morgan fingerprint density at radius 2 is 0.519 bits per heavy atom. The van der Waals surface area contributed by atoms with Crippen molar-refractivity contribution >= 4 is 23.1 Å². The molecule has 0 aliphatic rings. The third kappa shape index (κ3) is 13.9. The first-order valence-corrected chi connectivity index (χ1v) is 9.23. The molecule has 0 unspecified atom stereocenters. The van der Waals surface area contributed by atoms with Gasteiger partial charge in [0.15, 0.2) is 0 Å². The summed E-state index contributed by atoms with van der Waals surface area (Å²) < 4.78 is 0. The van der Waals surface area contributed by atoms with Crippen molar-refractivity contribution in [2.75, 3.05) is 0 Å². The Labute approximate surface area is 177 Å². The molecule has 0 saturated heterocycles. The Kier molecular flexibility index (Phi) is 12.2. The van der Waals surface area contributed by atoms with E-state index in [1.165, 1.54) is 0 Å². The molecule has 0 spiro atoms. The molecule has 0 atom stereocenters. The molecule has 0 aromatic carbocycles. The van der Waals surface area contributed by atoms with Gasteiger partial charge in [-0.25, -0.2) is 0 Å². The van der Waals surface area contributed by atoms with E-state index in [4.69, 9.17) is 0 Å². The van der Waals surface area contributed by atoms with Gasteiger partial charge in [0.1, 0.15) is 23.1 Å². The van der Waals surface area contributed by atoms with Gasteiger partial charge in [-0.05, 0) is 0 Å². The van der Waals surface area contributed by atoms with Crippen molar-refractivity contribution in [2.45, 2.75) is 95.9 Å². The summed E-state index contributed by atoms with van der Waals surface area (Å²) in [4.78, 5) is 46.0. The molecule has 4 nitrogen and oxygen atoms in total. The SMILES string of the molecule is CC(C)(C)C(=O)CC(=O)C(C)(C)C.CC(C)(C)C(=O)CC(=O)C(C)(C)C.[Cu]. The third-order valence-corrected chi connectivity index (χ3v) is 3.99. The molecule has 0 amide bonds. The predicted molar refractivity (Wildman–Crippen MR) is 107 cm³/mol. The van der Waals surface area contributed by atoms with Gasteiger partial charge in [0.25, 0.3) is 0 Å². The van der Waals surface area contributed by atoms with Gasteiger partial charge in [0.2, 0.25) is 0 Å². The number of Topliss-reactive ketones (excluding diaryl/α,β-unsaturated/α-hetero) is 4. The van der Waals surface area contributed by atoms with Gasteiger partial charge in [-0.2, -0.15) is 0 Å². The summed E-state index contributed by atoms with van der Waals surface area (Å²) in [6.45, 7) is 22.1. The van der Waals surface area contributed by atoms with Gasteiger partial charge in [-0.15, -0.1) is 0 Å². The van der Waals surface area contributed by atoms with Crippen LogP contribution in [0.1, 0.15) is 95.9 Å². The molecular formula is C22H40CuO4. The van der Waals surface area contributed by atoms with E-state index in [9.17, 15) is 19.2 Å². The van der Waals surface area contributed by atoms with Gasteiger partial charge < -0.3 is 0 Å². The van der Waals surface area contributed by atoms with Crippen molar-refractivity contribution in [1.29, 1.82) is 0 Å². The van der Waals surface area contributed by atoms with Crippen LogP contribution in [-0.2, 0) is 36.2 Å². The fourth-order valence-corrected chi connectivity index (χ4v) is 1.35. The zero-order chi connectivity index (χ0) is 21.7. The summed E-state index contributed by atoms with van der Waals surface area (Å²) in [5.74, 6) is 0.0831. The van der Waals surface area contributed by atoms with E-state index < -0.39 is 21.7 Å². The van der Waals surface area contributed by atoms with E-state index in [1.54, 1.807) is 0 Å². The smallest absolute Gasteiger partial charge is 0.145 e. The minimum atomic E-state index is -0.402. The first-order valence-electron chi connectivity index (χ1n) is 9.23. The first kappa shape index (κ1) is 30.9. The Balaban J connectivity index is -0.000000411. The molecule has 0 rings (SSSR count). The second-order valence-corrected chi connectivity index (χ2v) is 11.0. The van der Waals surface area contributed by atoms with Gasteiger partial charge >= 0.3 is 0 Å². The van der Waals surface area contributed by atoms with E-state index in [2.05, 4.69) is 0 Å². The maximum atomic E-state index is 11.5. The van der Waals surface area contributed by atoms with Crippen LogP contribution < -0.4 is 0 Å². The predicted octanol–water partition coefficient (Wildman–Crippen LogP) is 5.21. The van der Waals surface area contributed by atoms with E-state index in [-0.39, 0.29) is 53.0 Å². The van der Waals surface area contributed by atoms with Crippen molar-refractivity contribution in [2.24, 2.45) is 21.7 Å². The van der Waals surface area contributed by atoms with E-state index in [0.717, 1.165) is 0 Å². The maximum absolute atomic E-state index is 11.5. The van der Waals surface area contributed by atoms with Crippen molar-refractivity contribution in [3.8, 4) is 0 Å². The van der Waals surface area contributed by atoms with Crippen molar-refractivity contribution in [3.05, 3.63) is 0 Å². The summed E-state index contributed by atoms with van der Waals surface area (Å²) in [5, 5.41) is 0. The molecule has 1 radical (unpaired) electrons. The average Bonchev–Trinajstić information content (AvgIpc) is 2.34. The molecule has 0 aromatic rings. The van der Waals surface area contributed by atoms with Crippen LogP contribution in [0.2, 0.25) is 0 Å². The molecule has 0 N–H and O–H groups in total. The van der Waals surface area contributed by atoms with Crippen LogP contribution in [0.15, 0.2) is 0 Å². The van der Waals surface area contributed by atoms with Crippen LogP contribution in [0.4, 0.5) is 0 Å². The quantitative estimate of drug-likeness (QED) is 0.452. The van der Waals surface area contributed by atoms with E-state index >= 15 is 0 Å². The molecule has 0 heterocycles. The fourth-order valence-electron chi connectivity index (χ4n) is 1.35. The molecule has 0 aromatic heterocycles. The van der Waals surface area contributed by atoms with E-state index in [1.807, 2.05) is 83.1 Å². The monoisotopic (exact) mass is 431 g/mol. The second kappa shape index (κ2) is 10.7. The second-order valence-electron chi connectivity index (χ2n) is 11.0. The molecule has 0 saturated carbocycles. The van der Waals surface area contributed by atoms with Crippen molar-refractivity contribution in [1.82, 2.24) is 0 Å². The Hall–Kier alpha value is -0.801. The van der Waals surface area contributed by atoms with Crippen LogP contribution >= 0.6 is 0 Å². The summed E-state index contributed by atoms with van der Waals surface area (Å²) in [6.07, 6.45) is 0.125. The number of hydrogen-bond acceptors (Lipinski definition) is 4. The van der Waals surface area contributed by atoms with Gasteiger partial charge in [-0.3, -0.25) is 19.2 Å². The molecule has 27 heavy (non-hydrogen) atoms. The molecule has 0 bridgehead atoms. The molecule has 0 aliphatic heterocycles. The van der Waals surface area contributed by atoms with E-state index in [0.29, 0.717) is 0 Å². The first-order chi connectivity index (χ1) is 11.1. The Morgan fingerprint density at radius 1 is 0.407 bits per heavy atom. The van der Waals surface area contributed by atoms with Gasteiger partial charge in [-0.1, -0.05) is 83.1 Å². The van der Waals surface area contributed by atoms with Crippen LogP contribution in [0.3, 0.4) is 0 Å². The Bertz CT molecular complexity index is 435. The normalized spacial score (nSPS) is 12.3. The van der Waals surface area contributed by atoms with Crippen LogP contribution in [0.25, 0.3) is 0 Å². The maximum Gasteiger partial charge on any atom is 0.145 e. The zero-order valence-corrected chi connectivity index (χ0v) is 20.3. The zero-order valence-electron chi connectivity index (χ0n) is 19.3. The van der Waals surface area contributed by atoms with Crippen LogP contribution in [0, 0.1) is 21.7 Å². The summed E-state index contributed by atoms with van der Waals surface area (Å²) >= 11 is 0. The largest absolute Gasteiger partial charge is 0.299 e. The third-order valence-electron chi connectivity index (χ3n) is 3.99. The standard InChI is InChI=1S/2C11H20O2.Cu/c2*1-10(2,3)8(12)7-9(13)11(4,5)6;/h2*7H2,1-6H3;. The number of rotatable bonds is 4. The van der Waals surface area contributed by atoms with Crippen molar-refractivity contribution in [3.63, 3.8) is 0 Å². The molecule has 0 fully saturated rings. The van der Waals surface area contributed by atoms with Crippen LogP contribution in [0.5, 0.6) is 0 Å². The topological polar surface area (TPSA) is 68.3 Å². The van der Waals surface area contributed by atoms with Crippen LogP contribution in [-0.4, -0.2) is 23.1 Å². The number of hydrogen-bond donors (Lipinski definition) is 0. The van der Waals surface area contributed by atoms with Gasteiger partial charge in [0, 0.05) is 38.7 Å². The number of carbonyl (C=O) groups is 4. The molecule has 0 aliphatic carbocycles. The Morgan fingerprint density at radius 3 is 0.593 bits per heavy atom. The molecule has 5 heteroatoms. The molecule has 163 valence electrons. The molecular weight excluding hydrogens is 392 g/mol.